The van der Waals surface area contributed by atoms with Crippen molar-refractivity contribution in [3.63, 3.8) is 0 Å². The quantitative estimate of drug-likeness (QED) is 0.376. The van der Waals surface area contributed by atoms with E-state index in [2.05, 4.69) is 5.32 Å². The zero-order valence-electron chi connectivity index (χ0n) is 19.1. The summed E-state index contributed by atoms with van der Waals surface area (Å²) in [5, 5.41) is 2.94. The molecule has 0 radical (unpaired) electrons. The van der Waals surface area contributed by atoms with Gasteiger partial charge in [0.2, 0.25) is 0 Å². The summed E-state index contributed by atoms with van der Waals surface area (Å²) in [6.07, 6.45) is 2.14. The van der Waals surface area contributed by atoms with Gasteiger partial charge < -0.3 is 14.8 Å². The monoisotopic (exact) mass is 441 g/mol. The highest BCUT2D eigenvalue weighted by atomic mass is 16.5. The van der Waals surface area contributed by atoms with Crippen LogP contribution in [0.1, 0.15) is 48.7 Å². The Balaban J connectivity index is 1.63. The standard InChI is InChI=1S/C28H27NO4/c1-4-32-22-13-10-19(11-14-22)16-23(20-8-6-5-7-9-20)27(31)29-21-12-15-26-24(17-21)25(30)18-28(2,3)33-26/h5-17H,4,18H2,1-3H3,(H,29,31)/b23-16+. The lowest BCUT2D eigenvalue weighted by molar-refractivity contribution is -0.111. The Morgan fingerprint density at radius 2 is 1.79 bits per heavy atom. The Morgan fingerprint density at radius 3 is 2.48 bits per heavy atom. The number of ether oxygens (including phenoxy) is 2. The van der Waals surface area contributed by atoms with Gasteiger partial charge in [0.25, 0.3) is 5.91 Å². The van der Waals surface area contributed by atoms with Crippen LogP contribution >= 0.6 is 0 Å². The molecule has 1 aliphatic heterocycles. The molecule has 5 heteroatoms. The average molecular weight is 442 g/mol. The SMILES string of the molecule is CCOc1ccc(/C=C(/C(=O)Nc2ccc3c(c2)C(=O)CC(C)(C)O3)c2ccccc2)cc1. The molecule has 0 saturated carbocycles. The molecule has 1 aliphatic rings. The van der Waals surface area contributed by atoms with E-state index < -0.39 is 5.60 Å². The summed E-state index contributed by atoms with van der Waals surface area (Å²) in [5.41, 5.74) is 2.69. The molecule has 0 aliphatic carbocycles. The molecule has 5 nitrogen and oxygen atoms in total. The molecular weight excluding hydrogens is 414 g/mol. The first-order chi connectivity index (χ1) is 15.8. The molecule has 33 heavy (non-hydrogen) atoms. The molecule has 0 spiro atoms. The second kappa shape index (κ2) is 9.33. The van der Waals surface area contributed by atoms with Crippen molar-refractivity contribution >= 4 is 29.0 Å². The minimum Gasteiger partial charge on any atom is -0.494 e. The van der Waals surface area contributed by atoms with Crippen LogP contribution in [0.15, 0.2) is 72.8 Å². The van der Waals surface area contributed by atoms with Gasteiger partial charge >= 0.3 is 0 Å². The Kier molecular flexibility index (Phi) is 6.31. The number of hydrogen-bond donors (Lipinski definition) is 1. The van der Waals surface area contributed by atoms with Crippen LogP contribution in [0.2, 0.25) is 0 Å². The molecule has 0 atom stereocenters. The van der Waals surface area contributed by atoms with E-state index in [1.165, 1.54) is 0 Å². The van der Waals surface area contributed by atoms with Gasteiger partial charge in [-0.25, -0.2) is 0 Å². The normalized spacial score (nSPS) is 14.8. The summed E-state index contributed by atoms with van der Waals surface area (Å²) in [7, 11) is 0. The summed E-state index contributed by atoms with van der Waals surface area (Å²) in [6.45, 7) is 6.31. The van der Waals surface area contributed by atoms with Gasteiger partial charge in [-0.1, -0.05) is 42.5 Å². The molecule has 0 saturated heterocycles. The molecule has 1 heterocycles. The summed E-state index contributed by atoms with van der Waals surface area (Å²) >= 11 is 0. The highest BCUT2D eigenvalue weighted by Gasteiger charge is 2.32. The Morgan fingerprint density at radius 1 is 1.06 bits per heavy atom. The molecule has 0 unspecified atom stereocenters. The van der Waals surface area contributed by atoms with Gasteiger partial charge in [-0.3, -0.25) is 9.59 Å². The van der Waals surface area contributed by atoms with E-state index in [-0.39, 0.29) is 11.7 Å². The van der Waals surface area contributed by atoms with Crippen LogP contribution in [0, 0.1) is 0 Å². The van der Waals surface area contributed by atoms with Crippen LogP contribution in [-0.4, -0.2) is 23.9 Å². The van der Waals surface area contributed by atoms with Gasteiger partial charge in [-0.15, -0.1) is 0 Å². The minimum atomic E-state index is -0.532. The second-order valence-electron chi connectivity index (χ2n) is 8.55. The number of hydrogen-bond acceptors (Lipinski definition) is 4. The van der Waals surface area contributed by atoms with Gasteiger partial charge in [0.05, 0.1) is 18.6 Å². The number of ketones is 1. The maximum atomic E-state index is 13.3. The second-order valence-corrected chi connectivity index (χ2v) is 8.55. The van der Waals surface area contributed by atoms with Crippen molar-refractivity contribution < 1.29 is 19.1 Å². The number of amides is 1. The fourth-order valence-electron chi connectivity index (χ4n) is 3.82. The van der Waals surface area contributed by atoms with Crippen LogP contribution in [0.25, 0.3) is 11.6 Å². The van der Waals surface area contributed by atoms with Crippen LogP contribution in [0.4, 0.5) is 5.69 Å². The molecule has 4 rings (SSSR count). The maximum absolute atomic E-state index is 13.3. The number of fused-ring (bicyclic) bond motifs is 1. The highest BCUT2D eigenvalue weighted by molar-refractivity contribution is 6.29. The lowest BCUT2D eigenvalue weighted by Crippen LogP contribution is -2.35. The van der Waals surface area contributed by atoms with E-state index in [4.69, 9.17) is 9.47 Å². The van der Waals surface area contributed by atoms with Gasteiger partial charge in [0.1, 0.15) is 17.1 Å². The number of benzene rings is 3. The summed E-state index contributed by atoms with van der Waals surface area (Å²) < 4.78 is 11.4. The molecule has 168 valence electrons. The van der Waals surface area contributed by atoms with E-state index in [0.717, 1.165) is 16.9 Å². The third kappa shape index (κ3) is 5.32. The van der Waals surface area contributed by atoms with Crippen molar-refractivity contribution in [3.05, 3.63) is 89.5 Å². The van der Waals surface area contributed by atoms with Gasteiger partial charge in [-0.2, -0.15) is 0 Å². The predicted octanol–water partition coefficient (Wildman–Crippen LogP) is 6.01. The zero-order chi connectivity index (χ0) is 23.4. The fourth-order valence-corrected chi connectivity index (χ4v) is 3.82. The molecule has 0 bridgehead atoms. The number of anilines is 1. The predicted molar refractivity (Wildman–Crippen MR) is 131 cm³/mol. The van der Waals surface area contributed by atoms with Crippen molar-refractivity contribution in [2.24, 2.45) is 0 Å². The van der Waals surface area contributed by atoms with Crippen LogP contribution < -0.4 is 14.8 Å². The van der Waals surface area contributed by atoms with E-state index in [1.807, 2.05) is 81.4 Å². The lowest BCUT2D eigenvalue weighted by Gasteiger charge is -2.31. The number of carbonyl (C=O) groups is 2. The smallest absolute Gasteiger partial charge is 0.256 e. The minimum absolute atomic E-state index is 0.00515. The Bertz CT molecular complexity index is 1190. The molecule has 0 fully saturated rings. The first kappa shape index (κ1) is 22.3. The first-order valence-corrected chi connectivity index (χ1v) is 11.0. The molecule has 1 N–H and O–H groups in total. The third-order valence-electron chi connectivity index (χ3n) is 5.34. The zero-order valence-corrected chi connectivity index (χ0v) is 19.1. The topological polar surface area (TPSA) is 64.6 Å². The van der Waals surface area contributed by atoms with Crippen molar-refractivity contribution in [1.29, 1.82) is 0 Å². The van der Waals surface area contributed by atoms with E-state index in [0.29, 0.717) is 35.6 Å². The molecule has 1 amide bonds. The molecule has 3 aromatic carbocycles. The van der Waals surface area contributed by atoms with Gasteiger partial charge in [0, 0.05) is 11.3 Å². The van der Waals surface area contributed by atoms with Crippen molar-refractivity contribution in [1.82, 2.24) is 0 Å². The highest BCUT2D eigenvalue weighted by Crippen LogP contribution is 2.35. The van der Waals surface area contributed by atoms with Crippen LogP contribution in [0.5, 0.6) is 11.5 Å². The number of Topliss-reactive ketones (excluding diaryl/α,β-unsaturated/α-hetero) is 1. The Labute approximate surface area is 194 Å². The summed E-state index contributed by atoms with van der Waals surface area (Å²) in [4.78, 5) is 25.9. The van der Waals surface area contributed by atoms with Gasteiger partial charge in [0.15, 0.2) is 5.78 Å². The first-order valence-electron chi connectivity index (χ1n) is 11.0. The average Bonchev–Trinajstić information content (AvgIpc) is 2.79. The van der Waals surface area contributed by atoms with Crippen LogP contribution in [-0.2, 0) is 4.79 Å². The van der Waals surface area contributed by atoms with Crippen LogP contribution in [0.3, 0.4) is 0 Å². The number of nitrogens with one attached hydrogen (secondary N) is 1. The number of rotatable bonds is 6. The Hall–Kier alpha value is -3.86. The maximum Gasteiger partial charge on any atom is 0.256 e. The largest absolute Gasteiger partial charge is 0.494 e. The van der Waals surface area contributed by atoms with Crippen molar-refractivity contribution in [3.8, 4) is 11.5 Å². The van der Waals surface area contributed by atoms with E-state index in [9.17, 15) is 9.59 Å². The van der Waals surface area contributed by atoms with E-state index in [1.54, 1.807) is 18.2 Å². The molecular formula is C28H27NO4. The fraction of sp³-hybridized carbons (Fsp3) is 0.214. The van der Waals surface area contributed by atoms with Gasteiger partial charge in [-0.05, 0) is 68.3 Å². The van der Waals surface area contributed by atoms with Crippen molar-refractivity contribution in [2.75, 3.05) is 11.9 Å². The number of carbonyl (C=O) groups excluding carboxylic acids is 2. The third-order valence-corrected chi connectivity index (χ3v) is 5.34. The van der Waals surface area contributed by atoms with Crippen molar-refractivity contribution in [2.45, 2.75) is 32.8 Å². The molecule has 3 aromatic rings. The summed E-state index contributed by atoms with van der Waals surface area (Å²) in [6, 6.07) is 22.3. The molecule has 0 aromatic heterocycles. The van der Waals surface area contributed by atoms with E-state index >= 15 is 0 Å². The summed E-state index contributed by atoms with van der Waals surface area (Å²) in [5.74, 6) is 1.07. The lowest BCUT2D eigenvalue weighted by atomic mass is 9.93.